The van der Waals surface area contributed by atoms with Crippen LogP contribution in [0, 0.1) is 0 Å². The van der Waals surface area contributed by atoms with E-state index in [9.17, 15) is 0 Å². The molecule has 0 saturated carbocycles. The Balaban J connectivity index is 1.55. The number of nitrogens with zero attached hydrogens (tertiary/aromatic N) is 1. The van der Waals surface area contributed by atoms with E-state index in [1.165, 1.54) is 61.2 Å². The molecule has 172 valence electrons. The number of fused-ring (bicyclic) bond motifs is 5. The first kappa shape index (κ1) is 21.0. The molecular formula is C35H27N. The van der Waals surface area contributed by atoms with Crippen LogP contribution in [0.1, 0.15) is 25.1 Å². The summed E-state index contributed by atoms with van der Waals surface area (Å²) in [6.45, 7) is 4.73. The van der Waals surface area contributed by atoms with Crippen LogP contribution in [0.2, 0.25) is 0 Å². The molecule has 0 radical (unpaired) electrons. The Morgan fingerprint density at radius 3 is 1.89 bits per heavy atom. The standard InChI is InChI=1S/C35H27N/c1-35(2)31-19-11-9-17-28(31)33-29-18-10-12-20-32(29)36(34(33)35)26-21-22-27(24-13-5-3-6-14-24)30(23-26)25-15-7-4-8-16-25/h3-23H,1-2H3. The maximum absolute atomic E-state index is 2.51. The predicted molar refractivity (Wildman–Crippen MR) is 152 cm³/mol. The molecule has 1 aliphatic rings. The average Bonchev–Trinajstić information content (AvgIpc) is 3.40. The number of aromatic nitrogens is 1. The van der Waals surface area contributed by atoms with Gasteiger partial charge in [-0.05, 0) is 51.6 Å². The third kappa shape index (κ3) is 2.96. The second kappa shape index (κ2) is 7.83. The van der Waals surface area contributed by atoms with E-state index in [0.29, 0.717) is 0 Å². The maximum Gasteiger partial charge on any atom is 0.0538 e. The normalized spacial score (nSPS) is 13.5. The lowest BCUT2D eigenvalue weighted by atomic mass is 9.85. The van der Waals surface area contributed by atoms with Gasteiger partial charge in [0.05, 0.1) is 5.52 Å². The molecule has 6 aromatic rings. The highest BCUT2D eigenvalue weighted by molar-refractivity contribution is 6.03. The predicted octanol–water partition coefficient (Wildman–Crippen LogP) is 9.27. The number of hydrogen-bond donors (Lipinski definition) is 0. The molecule has 1 nitrogen and oxygen atoms in total. The highest BCUT2D eigenvalue weighted by Crippen LogP contribution is 2.53. The molecule has 0 N–H and O–H groups in total. The van der Waals surface area contributed by atoms with Gasteiger partial charge in [0.1, 0.15) is 0 Å². The lowest BCUT2D eigenvalue weighted by molar-refractivity contribution is 0.624. The van der Waals surface area contributed by atoms with Crippen LogP contribution in [0.4, 0.5) is 0 Å². The summed E-state index contributed by atoms with van der Waals surface area (Å²) in [7, 11) is 0. The van der Waals surface area contributed by atoms with E-state index in [1.807, 2.05) is 0 Å². The van der Waals surface area contributed by atoms with Gasteiger partial charge in [-0.1, -0.05) is 123 Å². The van der Waals surface area contributed by atoms with Crippen LogP contribution < -0.4 is 0 Å². The van der Waals surface area contributed by atoms with Crippen LogP contribution in [-0.4, -0.2) is 4.57 Å². The Hall–Kier alpha value is -4.36. The quantitative estimate of drug-likeness (QED) is 0.247. The average molecular weight is 462 g/mol. The molecule has 0 amide bonds. The topological polar surface area (TPSA) is 4.93 Å². The zero-order valence-corrected chi connectivity index (χ0v) is 20.6. The highest BCUT2D eigenvalue weighted by Gasteiger charge is 2.40. The van der Waals surface area contributed by atoms with Crippen molar-refractivity contribution in [3.8, 4) is 39.1 Å². The van der Waals surface area contributed by atoms with E-state index in [2.05, 4.69) is 146 Å². The minimum Gasteiger partial charge on any atom is -0.312 e. The van der Waals surface area contributed by atoms with Crippen molar-refractivity contribution >= 4 is 10.9 Å². The van der Waals surface area contributed by atoms with Gasteiger partial charge in [-0.25, -0.2) is 0 Å². The molecule has 0 bridgehead atoms. The van der Waals surface area contributed by atoms with E-state index in [0.717, 1.165) is 0 Å². The lowest BCUT2D eigenvalue weighted by Gasteiger charge is -2.25. The van der Waals surface area contributed by atoms with Crippen molar-refractivity contribution < 1.29 is 0 Å². The summed E-state index contributed by atoms with van der Waals surface area (Å²) in [5, 5.41) is 1.32. The monoisotopic (exact) mass is 461 g/mol. The second-order valence-corrected chi connectivity index (χ2v) is 10.2. The first-order valence-corrected chi connectivity index (χ1v) is 12.6. The van der Waals surface area contributed by atoms with E-state index in [1.54, 1.807) is 0 Å². The molecule has 0 fully saturated rings. The van der Waals surface area contributed by atoms with Crippen molar-refractivity contribution in [2.75, 3.05) is 0 Å². The van der Waals surface area contributed by atoms with Crippen LogP contribution in [-0.2, 0) is 5.41 Å². The molecule has 5 aromatic carbocycles. The first-order valence-electron chi connectivity index (χ1n) is 12.6. The molecular weight excluding hydrogens is 434 g/mol. The Labute approximate surface area is 212 Å². The minimum atomic E-state index is -0.101. The van der Waals surface area contributed by atoms with Gasteiger partial charge >= 0.3 is 0 Å². The summed E-state index contributed by atoms with van der Waals surface area (Å²) in [4.78, 5) is 0. The number of rotatable bonds is 3. The molecule has 7 rings (SSSR count). The Morgan fingerprint density at radius 1 is 0.528 bits per heavy atom. The fourth-order valence-corrected chi connectivity index (χ4v) is 6.14. The zero-order chi connectivity index (χ0) is 24.3. The summed E-state index contributed by atoms with van der Waals surface area (Å²) in [6.07, 6.45) is 0. The summed E-state index contributed by atoms with van der Waals surface area (Å²) in [5.41, 5.74) is 12.8. The summed E-state index contributed by atoms with van der Waals surface area (Å²) >= 11 is 0. The fourth-order valence-electron chi connectivity index (χ4n) is 6.14. The van der Waals surface area contributed by atoms with Gasteiger partial charge in [0.2, 0.25) is 0 Å². The van der Waals surface area contributed by atoms with Crippen LogP contribution in [0.15, 0.2) is 127 Å². The fraction of sp³-hybridized carbons (Fsp3) is 0.0857. The highest BCUT2D eigenvalue weighted by atomic mass is 15.0. The van der Waals surface area contributed by atoms with Gasteiger partial charge in [0.25, 0.3) is 0 Å². The summed E-state index contributed by atoms with van der Waals surface area (Å²) in [5.74, 6) is 0. The Morgan fingerprint density at radius 2 is 1.14 bits per heavy atom. The van der Waals surface area contributed by atoms with Crippen molar-refractivity contribution in [2.45, 2.75) is 19.3 Å². The van der Waals surface area contributed by atoms with Crippen LogP contribution in [0.5, 0.6) is 0 Å². The first-order chi connectivity index (χ1) is 17.6. The molecule has 0 saturated heterocycles. The van der Waals surface area contributed by atoms with Crippen molar-refractivity contribution in [3.05, 3.63) is 139 Å². The largest absolute Gasteiger partial charge is 0.312 e. The lowest BCUT2D eigenvalue weighted by Crippen LogP contribution is -2.19. The van der Waals surface area contributed by atoms with Gasteiger partial charge in [-0.3, -0.25) is 0 Å². The third-order valence-electron chi connectivity index (χ3n) is 7.77. The molecule has 1 aliphatic carbocycles. The van der Waals surface area contributed by atoms with Crippen LogP contribution in [0.3, 0.4) is 0 Å². The van der Waals surface area contributed by atoms with Crippen molar-refractivity contribution in [1.29, 1.82) is 0 Å². The Bertz CT molecular complexity index is 1740. The van der Waals surface area contributed by atoms with Gasteiger partial charge in [0.15, 0.2) is 0 Å². The molecule has 0 spiro atoms. The minimum absolute atomic E-state index is 0.101. The van der Waals surface area contributed by atoms with Crippen LogP contribution >= 0.6 is 0 Å². The van der Waals surface area contributed by atoms with Crippen molar-refractivity contribution in [1.82, 2.24) is 4.57 Å². The molecule has 1 aromatic heterocycles. The maximum atomic E-state index is 2.51. The number of hydrogen-bond acceptors (Lipinski definition) is 0. The van der Waals surface area contributed by atoms with E-state index in [4.69, 9.17) is 0 Å². The van der Waals surface area contributed by atoms with E-state index >= 15 is 0 Å². The summed E-state index contributed by atoms with van der Waals surface area (Å²) in [6, 6.07) is 46.2. The molecule has 36 heavy (non-hydrogen) atoms. The van der Waals surface area contributed by atoms with Gasteiger partial charge in [0, 0.05) is 27.7 Å². The van der Waals surface area contributed by atoms with Gasteiger partial charge in [-0.2, -0.15) is 0 Å². The molecule has 1 heterocycles. The third-order valence-corrected chi connectivity index (χ3v) is 7.77. The molecule has 0 unspecified atom stereocenters. The number of benzene rings is 5. The SMILES string of the molecule is CC1(C)c2ccccc2-c2c1n(-c1ccc(-c3ccccc3)c(-c3ccccc3)c1)c1ccccc21. The second-order valence-electron chi connectivity index (χ2n) is 10.2. The molecule has 0 aliphatic heterocycles. The van der Waals surface area contributed by atoms with Crippen LogP contribution in [0.25, 0.3) is 50.0 Å². The van der Waals surface area contributed by atoms with Crippen molar-refractivity contribution in [2.24, 2.45) is 0 Å². The van der Waals surface area contributed by atoms with E-state index < -0.39 is 0 Å². The smallest absolute Gasteiger partial charge is 0.0538 e. The van der Waals surface area contributed by atoms with Gasteiger partial charge < -0.3 is 4.57 Å². The van der Waals surface area contributed by atoms with E-state index in [-0.39, 0.29) is 5.41 Å². The zero-order valence-electron chi connectivity index (χ0n) is 20.6. The molecule has 1 heteroatoms. The summed E-state index contributed by atoms with van der Waals surface area (Å²) < 4.78 is 2.51. The van der Waals surface area contributed by atoms with Gasteiger partial charge in [-0.15, -0.1) is 0 Å². The molecule has 0 atom stereocenters. The van der Waals surface area contributed by atoms with Crippen molar-refractivity contribution in [3.63, 3.8) is 0 Å². The Kier molecular flexibility index (Phi) is 4.56. The number of para-hydroxylation sites is 1.